The minimum atomic E-state index is 0.671. The molecule has 52 valence electrons. The van der Waals surface area contributed by atoms with E-state index in [0.717, 1.165) is 11.1 Å². The van der Waals surface area contributed by atoms with Crippen LogP contribution in [0.5, 0.6) is 0 Å². The van der Waals surface area contributed by atoms with Gasteiger partial charge in [0.15, 0.2) is 0 Å². The molecule has 0 heterocycles. The first-order valence-corrected chi connectivity index (χ1v) is 3.36. The second kappa shape index (κ2) is 3.49. The molecule has 0 nitrogen and oxygen atoms in total. The summed E-state index contributed by atoms with van der Waals surface area (Å²) in [5.74, 6) is 5.11. The van der Waals surface area contributed by atoms with Gasteiger partial charge in [0, 0.05) is 12.0 Å². The molecule has 0 unspecified atom stereocenters. The van der Waals surface area contributed by atoms with Gasteiger partial charge >= 0.3 is 0 Å². The molecular weight excluding hydrogens is 132 g/mol. The monoisotopic (exact) mass is 140 g/mol. The highest BCUT2D eigenvalue weighted by Gasteiger charge is 1.88. The second-order valence-electron chi connectivity index (χ2n) is 2.22. The SMILES string of the molecule is C#CCc1ccc(C#C)cc1. The Labute approximate surface area is 67.3 Å². The van der Waals surface area contributed by atoms with Crippen molar-refractivity contribution >= 4 is 0 Å². The van der Waals surface area contributed by atoms with E-state index in [9.17, 15) is 0 Å². The Morgan fingerprint density at radius 1 is 1.09 bits per heavy atom. The number of terminal acetylenes is 2. The van der Waals surface area contributed by atoms with E-state index in [-0.39, 0.29) is 0 Å². The molecule has 0 atom stereocenters. The molecule has 1 aromatic rings. The van der Waals surface area contributed by atoms with Crippen LogP contribution in [0.2, 0.25) is 0 Å². The van der Waals surface area contributed by atoms with Crippen LogP contribution >= 0.6 is 0 Å². The zero-order valence-corrected chi connectivity index (χ0v) is 6.17. The average molecular weight is 140 g/mol. The Morgan fingerprint density at radius 3 is 2.18 bits per heavy atom. The standard InChI is InChI=1S/C11H8/c1-3-5-11-8-6-10(4-2)7-9-11/h1-2,6-9H,5H2. The van der Waals surface area contributed by atoms with Crippen LogP contribution in [-0.2, 0) is 6.42 Å². The molecule has 0 fully saturated rings. The third kappa shape index (κ3) is 1.88. The average Bonchev–Trinajstić information content (AvgIpc) is 2.07. The van der Waals surface area contributed by atoms with Gasteiger partial charge in [-0.2, -0.15) is 0 Å². The predicted octanol–water partition coefficient (Wildman–Crippen LogP) is 1.84. The first-order valence-electron chi connectivity index (χ1n) is 3.36. The van der Waals surface area contributed by atoms with Crippen LogP contribution in [0.1, 0.15) is 11.1 Å². The largest absolute Gasteiger partial charge is 0.120 e. The highest BCUT2D eigenvalue weighted by Crippen LogP contribution is 2.02. The summed E-state index contributed by atoms with van der Waals surface area (Å²) in [6.45, 7) is 0. The van der Waals surface area contributed by atoms with Crippen LogP contribution in [0.3, 0.4) is 0 Å². The number of hydrogen-bond acceptors (Lipinski definition) is 0. The Hall–Kier alpha value is -1.66. The lowest BCUT2D eigenvalue weighted by Gasteiger charge is -1.93. The Bertz CT molecular complexity index is 303. The van der Waals surface area contributed by atoms with Crippen molar-refractivity contribution in [3.05, 3.63) is 35.4 Å². The van der Waals surface area contributed by atoms with Crippen molar-refractivity contribution in [1.82, 2.24) is 0 Å². The van der Waals surface area contributed by atoms with Crippen molar-refractivity contribution in [3.63, 3.8) is 0 Å². The summed E-state index contributed by atoms with van der Waals surface area (Å²) in [5, 5.41) is 0. The van der Waals surface area contributed by atoms with Crippen molar-refractivity contribution in [1.29, 1.82) is 0 Å². The maximum Gasteiger partial charge on any atom is 0.0337 e. The summed E-state index contributed by atoms with van der Waals surface area (Å²) in [6, 6.07) is 7.70. The van der Waals surface area contributed by atoms with Gasteiger partial charge in [0.25, 0.3) is 0 Å². The summed E-state index contributed by atoms with van der Waals surface area (Å²) in [5.41, 5.74) is 2.03. The number of rotatable bonds is 1. The molecule has 1 aromatic carbocycles. The van der Waals surface area contributed by atoms with E-state index in [2.05, 4.69) is 11.8 Å². The Balaban J connectivity index is 2.87. The first kappa shape index (κ1) is 7.45. The topological polar surface area (TPSA) is 0 Å². The minimum absolute atomic E-state index is 0.671. The molecule has 1 rings (SSSR count). The van der Waals surface area contributed by atoms with E-state index in [1.54, 1.807) is 0 Å². The number of hydrogen-bond donors (Lipinski definition) is 0. The molecule has 0 saturated carbocycles. The maximum atomic E-state index is 5.18. The molecule has 11 heavy (non-hydrogen) atoms. The van der Waals surface area contributed by atoms with E-state index < -0.39 is 0 Å². The van der Waals surface area contributed by atoms with Crippen LogP contribution in [0.15, 0.2) is 24.3 Å². The van der Waals surface area contributed by atoms with Crippen LogP contribution in [0.25, 0.3) is 0 Å². The molecule has 0 aliphatic rings. The smallest absolute Gasteiger partial charge is 0.0337 e. The van der Waals surface area contributed by atoms with Gasteiger partial charge in [-0.3, -0.25) is 0 Å². The van der Waals surface area contributed by atoms with Gasteiger partial charge in [-0.1, -0.05) is 18.1 Å². The molecule has 0 aromatic heterocycles. The van der Waals surface area contributed by atoms with Crippen LogP contribution in [0, 0.1) is 24.7 Å². The van der Waals surface area contributed by atoms with Crippen molar-refractivity contribution in [2.75, 3.05) is 0 Å². The first-order chi connectivity index (χ1) is 5.36. The molecular formula is C11H8. The Kier molecular flexibility index (Phi) is 2.37. The van der Waals surface area contributed by atoms with Gasteiger partial charge in [-0.05, 0) is 17.7 Å². The second-order valence-corrected chi connectivity index (χ2v) is 2.22. The zero-order valence-electron chi connectivity index (χ0n) is 6.17. The summed E-state index contributed by atoms with van der Waals surface area (Å²) in [4.78, 5) is 0. The zero-order chi connectivity index (χ0) is 8.10. The minimum Gasteiger partial charge on any atom is -0.120 e. The van der Waals surface area contributed by atoms with E-state index in [1.165, 1.54) is 0 Å². The fourth-order valence-corrected chi connectivity index (χ4v) is 0.837. The van der Waals surface area contributed by atoms with E-state index in [0.29, 0.717) is 6.42 Å². The molecule has 0 spiro atoms. The van der Waals surface area contributed by atoms with Crippen molar-refractivity contribution in [2.45, 2.75) is 6.42 Å². The quantitative estimate of drug-likeness (QED) is 0.522. The highest BCUT2D eigenvalue weighted by molar-refractivity contribution is 5.35. The summed E-state index contributed by atoms with van der Waals surface area (Å²) >= 11 is 0. The van der Waals surface area contributed by atoms with Gasteiger partial charge in [0.05, 0.1) is 0 Å². The fourth-order valence-electron chi connectivity index (χ4n) is 0.837. The molecule has 0 N–H and O–H groups in total. The van der Waals surface area contributed by atoms with E-state index >= 15 is 0 Å². The molecule has 0 amide bonds. The highest BCUT2D eigenvalue weighted by atomic mass is 13.9. The molecule has 0 bridgehead atoms. The van der Waals surface area contributed by atoms with Crippen LogP contribution < -0.4 is 0 Å². The van der Waals surface area contributed by atoms with Gasteiger partial charge in [0.1, 0.15) is 0 Å². The van der Waals surface area contributed by atoms with E-state index in [4.69, 9.17) is 12.8 Å². The molecule has 0 radical (unpaired) electrons. The number of benzene rings is 1. The van der Waals surface area contributed by atoms with Gasteiger partial charge in [-0.25, -0.2) is 0 Å². The Morgan fingerprint density at radius 2 is 1.73 bits per heavy atom. The van der Waals surface area contributed by atoms with Gasteiger partial charge in [-0.15, -0.1) is 18.8 Å². The van der Waals surface area contributed by atoms with Crippen molar-refractivity contribution in [2.24, 2.45) is 0 Å². The third-order valence-electron chi connectivity index (χ3n) is 1.43. The lowest BCUT2D eigenvalue weighted by atomic mass is 10.1. The predicted molar refractivity (Wildman–Crippen MR) is 46.9 cm³/mol. The van der Waals surface area contributed by atoms with Crippen molar-refractivity contribution < 1.29 is 0 Å². The lowest BCUT2D eigenvalue weighted by Crippen LogP contribution is -1.80. The van der Waals surface area contributed by atoms with Crippen LogP contribution in [0.4, 0.5) is 0 Å². The molecule has 0 saturated heterocycles. The normalized spacial score (nSPS) is 8.18. The van der Waals surface area contributed by atoms with E-state index in [1.807, 2.05) is 24.3 Å². The maximum absolute atomic E-state index is 5.18. The molecule has 0 heteroatoms. The van der Waals surface area contributed by atoms with Crippen molar-refractivity contribution in [3.8, 4) is 24.7 Å². The lowest BCUT2D eigenvalue weighted by molar-refractivity contribution is 1.32. The summed E-state index contributed by atoms with van der Waals surface area (Å²) < 4.78 is 0. The van der Waals surface area contributed by atoms with Gasteiger partial charge in [0.2, 0.25) is 0 Å². The van der Waals surface area contributed by atoms with Crippen LogP contribution in [-0.4, -0.2) is 0 Å². The summed E-state index contributed by atoms with van der Waals surface area (Å²) in [7, 11) is 0. The third-order valence-corrected chi connectivity index (χ3v) is 1.43. The summed E-state index contributed by atoms with van der Waals surface area (Å²) in [6.07, 6.45) is 11.0. The fraction of sp³-hybridized carbons (Fsp3) is 0.0909. The molecule has 0 aliphatic carbocycles. The van der Waals surface area contributed by atoms with Gasteiger partial charge < -0.3 is 0 Å². The molecule has 0 aliphatic heterocycles.